The van der Waals surface area contributed by atoms with E-state index in [2.05, 4.69) is 9.73 Å². The Bertz CT molecular complexity index is 255. The first kappa shape index (κ1) is 8.64. The van der Waals surface area contributed by atoms with E-state index in [9.17, 15) is 9.59 Å². The van der Waals surface area contributed by atoms with Crippen LogP contribution < -0.4 is 0 Å². The van der Waals surface area contributed by atoms with E-state index in [4.69, 9.17) is 0 Å². The second kappa shape index (κ2) is 3.80. The SMILES string of the molecule is CCOC(=O)C1C=NC=CC1=O. The summed E-state index contributed by atoms with van der Waals surface area (Å²) in [6.07, 6.45) is 3.92. The normalized spacial score (nSPS) is 21.1. The molecule has 0 aromatic rings. The lowest BCUT2D eigenvalue weighted by atomic mass is 10.0. The van der Waals surface area contributed by atoms with E-state index in [1.165, 1.54) is 18.5 Å². The quantitative estimate of drug-likeness (QED) is 0.440. The molecule has 1 aliphatic heterocycles. The van der Waals surface area contributed by atoms with Crippen LogP contribution in [0.3, 0.4) is 0 Å². The van der Waals surface area contributed by atoms with Crippen molar-refractivity contribution in [3.8, 4) is 0 Å². The molecule has 0 fully saturated rings. The Morgan fingerprint density at radius 3 is 3.08 bits per heavy atom. The highest BCUT2D eigenvalue weighted by Gasteiger charge is 2.25. The van der Waals surface area contributed by atoms with E-state index < -0.39 is 11.9 Å². The average molecular weight is 167 g/mol. The summed E-state index contributed by atoms with van der Waals surface area (Å²) in [5.74, 6) is -1.64. The maximum absolute atomic E-state index is 11.0. The fourth-order valence-corrected chi connectivity index (χ4v) is 0.838. The van der Waals surface area contributed by atoms with Gasteiger partial charge in [-0.05, 0) is 6.92 Å². The van der Waals surface area contributed by atoms with Crippen LogP contribution in [-0.4, -0.2) is 24.6 Å². The highest BCUT2D eigenvalue weighted by Crippen LogP contribution is 2.04. The Labute approximate surface area is 69.9 Å². The van der Waals surface area contributed by atoms with Crippen LogP contribution in [0.2, 0.25) is 0 Å². The molecule has 0 aliphatic carbocycles. The average Bonchev–Trinajstić information content (AvgIpc) is 2.05. The van der Waals surface area contributed by atoms with E-state index in [1.54, 1.807) is 6.92 Å². The molecule has 0 spiro atoms. The molecule has 0 saturated heterocycles. The zero-order valence-electron chi connectivity index (χ0n) is 6.69. The fourth-order valence-electron chi connectivity index (χ4n) is 0.838. The summed E-state index contributed by atoms with van der Waals surface area (Å²) in [7, 11) is 0. The van der Waals surface area contributed by atoms with Crippen LogP contribution in [-0.2, 0) is 14.3 Å². The summed E-state index contributed by atoms with van der Waals surface area (Å²) in [4.78, 5) is 25.8. The maximum Gasteiger partial charge on any atom is 0.322 e. The van der Waals surface area contributed by atoms with Gasteiger partial charge in [0.05, 0.1) is 6.61 Å². The summed E-state index contributed by atoms with van der Waals surface area (Å²) in [6.45, 7) is 1.97. The van der Waals surface area contributed by atoms with Crippen molar-refractivity contribution in [2.45, 2.75) is 6.92 Å². The fraction of sp³-hybridized carbons (Fsp3) is 0.375. The van der Waals surface area contributed by atoms with Crippen molar-refractivity contribution in [1.82, 2.24) is 0 Å². The third kappa shape index (κ3) is 1.78. The molecule has 4 heteroatoms. The molecule has 64 valence electrons. The summed E-state index contributed by atoms with van der Waals surface area (Å²) < 4.78 is 4.67. The van der Waals surface area contributed by atoms with Gasteiger partial charge in [-0.15, -0.1) is 0 Å². The Balaban J connectivity index is 2.63. The first-order chi connectivity index (χ1) is 5.75. The highest BCUT2D eigenvalue weighted by atomic mass is 16.5. The second-order valence-corrected chi connectivity index (χ2v) is 2.25. The number of aliphatic imine (C=N–C) groups is 1. The number of rotatable bonds is 2. The van der Waals surface area contributed by atoms with E-state index in [1.807, 2.05) is 0 Å². The van der Waals surface area contributed by atoms with Crippen LogP contribution in [0.5, 0.6) is 0 Å². The van der Waals surface area contributed by atoms with Gasteiger partial charge in [0.1, 0.15) is 0 Å². The zero-order chi connectivity index (χ0) is 8.97. The van der Waals surface area contributed by atoms with Gasteiger partial charge in [-0.2, -0.15) is 0 Å². The Kier molecular flexibility index (Phi) is 2.74. The largest absolute Gasteiger partial charge is 0.465 e. The molecule has 0 aromatic heterocycles. The number of carbonyl (C=O) groups excluding carboxylic acids is 2. The number of carbonyl (C=O) groups is 2. The van der Waals surface area contributed by atoms with E-state index in [0.717, 1.165) is 0 Å². The van der Waals surface area contributed by atoms with Crippen molar-refractivity contribution in [1.29, 1.82) is 0 Å². The monoisotopic (exact) mass is 167 g/mol. The van der Waals surface area contributed by atoms with Gasteiger partial charge < -0.3 is 4.74 Å². The van der Waals surface area contributed by atoms with Crippen LogP contribution in [0.15, 0.2) is 17.3 Å². The van der Waals surface area contributed by atoms with E-state index in [0.29, 0.717) is 0 Å². The minimum Gasteiger partial charge on any atom is -0.465 e. The maximum atomic E-state index is 11.0. The number of allylic oxidation sites excluding steroid dienone is 1. The first-order valence-corrected chi connectivity index (χ1v) is 3.66. The Hall–Kier alpha value is -1.45. The molecule has 1 heterocycles. The lowest BCUT2D eigenvalue weighted by molar-refractivity contribution is -0.147. The van der Waals surface area contributed by atoms with E-state index >= 15 is 0 Å². The first-order valence-electron chi connectivity index (χ1n) is 3.66. The molecule has 0 N–H and O–H groups in total. The van der Waals surface area contributed by atoms with Gasteiger partial charge in [-0.3, -0.25) is 14.6 Å². The number of hydrogen-bond donors (Lipinski definition) is 0. The minimum atomic E-state index is -0.838. The van der Waals surface area contributed by atoms with Crippen LogP contribution in [0.4, 0.5) is 0 Å². The molecule has 4 nitrogen and oxygen atoms in total. The molecule has 1 aliphatic rings. The van der Waals surface area contributed by atoms with Crippen molar-refractivity contribution in [2.24, 2.45) is 10.9 Å². The summed E-state index contributed by atoms with van der Waals surface area (Å²) in [5, 5.41) is 0. The van der Waals surface area contributed by atoms with Gasteiger partial charge >= 0.3 is 5.97 Å². The van der Waals surface area contributed by atoms with E-state index in [-0.39, 0.29) is 12.4 Å². The van der Waals surface area contributed by atoms with Crippen LogP contribution in [0.1, 0.15) is 6.92 Å². The molecule has 12 heavy (non-hydrogen) atoms. The van der Waals surface area contributed by atoms with Gasteiger partial charge in [0, 0.05) is 18.5 Å². The summed E-state index contributed by atoms with van der Waals surface area (Å²) >= 11 is 0. The van der Waals surface area contributed by atoms with Crippen molar-refractivity contribution >= 4 is 18.0 Å². The number of hydrogen-bond acceptors (Lipinski definition) is 4. The number of ketones is 1. The molecule has 0 radical (unpaired) electrons. The van der Waals surface area contributed by atoms with Crippen LogP contribution >= 0.6 is 0 Å². The lowest BCUT2D eigenvalue weighted by Gasteiger charge is -2.08. The summed E-state index contributed by atoms with van der Waals surface area (Å²) in [5.41, 5.74) is 0. The lowest BCUT2D eigenvalue weighted by Crippen LogP contribution is -2.27. The summed E-state index contributed by atoms with van der Waals surface area (Å²) in [6, 6.07) is 0. The molecule has 1 atom stereocenters. The molecule has 1 unspecified atom stereocenters. The van der Waals surface area contributed by atoms with Crippen molar-refractivity contribution in [3.05, 3.63) is 12.3 Å². The second-order valence-electron chi connectivity index (χ2n) is 2.25. The zero-order valence-corrected chi connectivity index (χ0v) is 6.69. The number of nitrogens with zero attached hydrogens (tertiary/aromatic N) is 1. The van der Waals surface area contributed by atoms with Gasteiger partial charge in [0.15, 0.2) is 11.7 Å². The predicted octanol–water partition coefficient (Wildman–Crippen LogP) is 0.333. The van der Waals surface area contributed by atoms with Crippen LogP contribution in [0.25, 0.3) is 0 Å². The van der Waals surface area contributed by atoms with Crippen molar-refractivity contribution < 1.29 is 14.3 Å². The van der Waals surface area contributed by atoms with Gasteiger partial charge in [0.2, 0.25) is 0 Å². The highest BCUT2D eigenvalue weighted by molar-refractivity contribution is 6.17. The molecule has 0 amide bonds. The van der Waals surface area contributed by atoms with Gasteiger partial charge in [-0.25, -0.2) is 0 Å². The molecule has 0 aromatic carbocycles. The van der Waals surface area contributed by atoms with Crippen LogP contribution in [0, 0.1) is 5.92 Å². The number of ether oxygens (including phenoxy) is 1. The molecule has 0 bridgehead atoms. The minimum absolute atomic E-state index is 0.275. The standard InChI is InChI=1S/C8H9NO3/c1-2-12-8(11)6-5-9-4-3-7(6)10/h3-6H,2H2,1H3. The third-order valence-electron chi connectivity index (χ3n) is 1.41. The van der Waals surface area contributed by atoms with Crippen molar-refractivity contribution in [2.75, 3.05) is 6.61 Å². The van der Waals surface area contributed by atoms with Gasteiger partial charge in [-0.1, -0.05) is 0 Å². The van der Waals surface area contributed by atoms with Crippen molar-refractivity contribution in [3.63, 3.8) is 0 Å². The third-order valence-corrected chi connectivity index (χ3v) is 1.41. The molecular formula is C8H9NO3. The smallest absolute Gasteiger partial charge is 0.322 e. The topological polar surface area (TPSA) is 55.7 Å². The molecule has 1 rings (SSSR count). The number of esters is 1. The Morgan fingerprint density at radius 1 is 1.75 bits per heavy atom. The molecule has 0 saturated carbocycles. The van der Waals surface area contributed by atoms with Gasteiger partial charge in [0.25, 0.3) is 0 Å². The molecular weight excluding hydrogens is 158 g/mol. The Morgan fingerprint density at radius 2 is 2.50 bits per heavy atom. The predicted molar refractivity (Wildman–Crippen MR) is 42.8 cm³/mol.